The highest BCUT2D eigenvalue weighted by atomic mass is 35.5. The van der Waals surface area contributed by atoms with E-state index in [1.165, 1.54) is 0 Å². The Kier molecular flexibility index (Phi) is 5.67. The number of nitrogens with zero attached hydrogens (tertiary/aromatic N) is 2. The lowest BCUT2D eigenvalue weighted by Gasteiger charge is -2.33. The molecule has 3 aliphatic rings. The van der Waals surface area contributed by atoms with E-state index < -0.39 is 5.60 Å². The van der Waals surface area contributed by atoms with Gasteiger partial charge in [0, 0.05) is 35.5 Å². The topological polar surface area (TPSA) is 64.8 Å². The summed E-state index contributed by atoms with van der Waals surface area (Å²) in [5, 5.41) is 5.43. The van der Waals surface area contributed by atoms with E-state index in [1.807, 2.05) is 31.7 Å². The molecule has 1 saturated heterocycles. The van der Waals surface area contributed by atoms with Gasteiger partial charge in [-0.3, -0.25) is 0 Å². The summed E-state index contributed by atoms with van der Waals surface area (Å²) < 4.78 is 17.7. The lowest BCUT2D eigenvalue weighted by molar-refractivity contribution is -0.0216. The van der Waals surface area contributed by atoms with Gasteiger partial charge < -0.3 is 18.9 Å². The van der Waals surface area contributed by atoms with Crippen molar-refractivity contribution in [2.75, 3.05) is 6.54 Å². The molecule has 6 nitrogen and oxygen atoms in total. The number of carbonyl (C=O) groups is 1. The molecule has 2 heterocycles. The van der Waals surface area contributed by atoms with Gasteiger partial charge in [-0.15, -0.1) is 0 Å². The van der Waals surface area contributed by atoms with Gasteiger partial charge in [0.25, 0.3) is 0 Å². The zero-order valence-corrected chi connectivity index (χ0v) is 20.1. The second-order valence-electron chi connectivity index (χ2n) is 10.0. The highest BCUT2D eigenvalue weighted by molar-refractivity contribution is 6.39. The predicted octanol–water partition coefficient (Wildman–Crippen LogP) is 6.44. The average Bonchev–Trinajstić information content (AvgIpc) is 3.62. The van der Waals surface area contributed by atoms with Crippen LogP contribution in [0.5, 0.6) is 0 Å². The number of benzene rings is 1. The molecule has 32 heavy (non-hydrogen) atoms. The van der Waals surface area contributed by atoms with Gasteiger partial charge in [0.05, 0.1) is 22.8 Å². The fourth-order valence-corrected chi connectivity index (χ4v) is 5.17. The van der Waals surface area contributed by atoms with E-state index in [-0.39, 0.29) is 18.2 Å². The van der Waals surface area contributed by atoms with Gasteiger partial charge in [0.1, 0.15) is 17.1 Å². The Labute approximate surface area is 198 Å². The maximum atomic E-state index is 12.5. The maximum Gasteiger partial charge on any atom is 0.410 e. The second kappa shape index (κ2) is 8.23. The van der Waals surface area contributed by atoms with Crippen molar-refractivity contribution in [3.63, 3.8) is 0 Å². The van der Waals surface area contributed by atoms with Gasteiger partial charge in [0.15, 0.2) is 0 Å². The molecule has 2 aliphatic carbocycles. The quantitative estimate of drug-likeness (QED) is 0.494. The summed E-state index contributed by atoms with van der Waals surface area (Å²) in [4.78, 5) is 14.4. The fraction of sp³-hybridized carbons (Fsp3) is 0.583. The molecule has 172 valence electrons. The smallest absolute Gasteiger partial charge is 0.410 e. The number of hydrogen-bond donors (Lipinski definition) is 0. The summed E-state index contributed by atoms with van der Waals surface area (Å²) in [6, 6.07) is 5.63. The van der Waals surface area contributed by atoms with Gasteiger partial charge in [0.2, 0.25) is 0 Å². The van der Waals surface area contributed by atoms with Crippen LogP contribution in [0.25, 0.3) is 11.3 Å². The largest absolute Gasteiger partial charge is 0.444 e. The predicted molar refractivity (Wildman–Crippen MR) is 122 cm³/mol. The van der Waals surface area contributed by atoms with Crippen molar-refractivity contribution < 1.29 is 18.8 Å². The van der Waals surface area contributed by atoms with Crippen molar-refractivity contribution in [2.24, 2.45) is 5.92 Å². The zero-order valence-electron chi connectivity index (χ0n) is 18.6. The van der Waals surface area contributed by atoms with Crippen LogP contribution in [0.1, 0.15) is 63.7 Å². The van der Waals surface area contributed by atoms with Crippen molar-refractivity contribution in [3.05, 3.63) is 39.6 Å². The summed E-state index contributed by atoms with van der Waals surface area (Å²) in [6.07, 6.45) is 3.79. The normalized spacial score (nSPS) is 24.9. The van der Waals surface area contributed by atoms with E-state index in [4.69, 9.17) is 37.2 Å². The van der Waals surface area contributed by atoms with Gasteiger partial charge in [-0.1, -0.05) is 34.4 Å². The van der Waals surface area contributed by atoms with Crippen LogP contribution in [0, 0.1) is 5.92 Å². The minimum Gasteiger partial charge on any atom is -0.444 e. The Bertz CT molecular complexity index is 1010. The molecule has 2 saturated carbocycles. The number of fused-ring (bicyclic) bond motifs is 1. The maximum absolute atomic E-state index is 12.5. The number of piperidine rings is 1. The second-order valence-corrected chi connectivity index (χ2v) is 10.8. The van der Waals surface area contributed by atoms with Crippen molar-refractivity contribution >= 4 is 29.3 Å². The molecule has 1 aromatic carbocycles. The van der Waals surface area contributed by atoms with Gasteiger partial charge in [-0.05, 0) is 58.6 Å². The third-order valence-electron chi connectivity index (χ3n) is 6.37. The van der Waals surface area contributed by atoms with E-state index in [0.717, 1.165) is 37.0 Å². The molecule has 0 spiro atoms. The van der Waals surface area contributed by atoms with Gasteiger partial charge in [-0.25, -0.2) is 4.79 Å². The third kappa shape index (κ3) is 4.37. The van der Waals surface area contributed by atoms with Crippen LogP contribution in [-0.2, 0) is 16.1 Å². The summed E-state index contributed by atoms with van der Waals surface area (Å²) in [6.45, 7) is 6.72. The molecule has 0 bridgehead atoms. The molecule has 0 radical (unpaired) electrons. The minimum atomic E-state index is -0.487. The Hall–Kier alpha value is -1.76. The molecule has 0 N–H and O–H groups in total. The molecule has 5 rings (SSSR count). The number of ether oxygens (including phenoxy) is 2. The molecular formula is C24H28Cl2N2O4. The number of amides is 1. The van der Waals surface area contributed by atoms with Crippen molar-refractivity contribution in [3.8, 4) is 11.3 Å². The molecule has 1 amide bonds. The molecular weight excluding hydrogens is 451 g/mol. The Balaban J connectivity index is 1.30. The first-order valence-electron chi connectivity index (χ1n) is 11.3. The highest BCUT2D eigenvalue weighted by Gasteiger charge is 2.53. The monoisotopic (exact) mass is 478 g/mol. The minimum absolute atomic E-state index is 0.0928. The number of aromatic nitrogens is 1. The fourth-order valence-electron chi connectivity index (χ4n) is 4.60. The lowest BCUT2D eigenvalue weighted by Crippen LogP contribution is -2.44. The number of rotatable bonds is 5. The number of carbonyl (C=O) groups excluding carboxylic acids is 1. The van der Waals surface area contributed by atoms with Crippen LogP contribution in [0.2, 0.25) is 10.0 Å². The molecule has 3 fully saturated rings. The molecule has 3 atom stereocenters. The highest BCUT2D eigenvalue weighted by Crippen LogP contribution is 2.48. The van der Waals surface area contributed by atoms with Crippen LogP contribution in [-0.4, -0.2) is 40.4 Å². The van der Waals surface area contributed by atoms with Crippen molar-refractivity contribution in [2.45, 2.75) is 76.7 Å². The molecule has 3 unspecified atom stereocenters. The Morgan fingerprint density at radius 1 is 1.22 bits per heavy atom. The van der Waals surface area contributed by atoms with E-state index in [0.29, 0.717) is 46.3 Å². The van der Waals surface area contributed by atoms with Crippen LogP contribution in [0.4, 0.5) is 4.79 Å². The van der Waals surface area contributed by atoms with E-state index >= 15 is 0 Å². The number of likely N-dealkylation sites (tertiary alicyclic amines) is 1. The summed E-state index contributed by atoms with van der Waals surface area (Å²) in [7, 11) is 0. The summed E-state index contributed by atoms with van der Waals surface area (Å²) in [5.74, 6) is 1.61. The van der Waals surface area contributed by atoms with Crippen LogP contribution in [0.15, 0.2) is 22.7 Å². The van der Waals surface area contributed by atoms with E-state index in [1.54, 1.807) is 12.1 Å². The first-order valence-corrected chi connectivity index (χ1v) is 12.0. The molecule has 2 aromatic rings. The number of halogens is 2. The van der Waals surface area contributed by atoms with Crippen LogP contribution < -0.4 is 0 Å². The van der Waals surface area contributed by atoms with Crippen molar-refractivity contribution in [1.82, 2.24) is 10.1 Å². The van der Waals surface area contributed by atoms with E-state index in [9.17, 15) is 4.79 Å². The first kappa shape index (κ1) is 22.1. The summed E-state index contributed by atoms with van der Waals surface area (Å²) >= 11 is 12.9. The Morgan fingerprint density at radius 3 is 2.59 bits per heavy atom. The standard InChI is InChI=1S/C24H28Cl2N2O4/c1-24(2,3)31-23(29)28-10-9-19(14-11-18(14)28)30-12-15-21(27-32-22(15)13-7-8-13)20-16(25)5-4-6-17(20)26/h4-6,13-14,18-19H,7-12H2,1-3H3. The SMILES string of the molecule is CC(C)(C)OC(=O)N1CCC(OCc2c(-c3c(Cl)cccc3Cl)noc2C2CC2)C2CC21. The number of hydrogen-bond acceptors (Lipinski definition) is 5. The molecule has 1 aromatic heterocycles. The third-order valence-corrected chi connectivity index (χ3v) is 7.00. The molecule has 1 aliphatic heterocycles. The Morgan fingerprint density at radius 2 is 1.94 bits per heavy atom. The van der Waals surface area contributed by atoms with E-state index in [2.05, 4.69) is 5.16 Å². The van der Waals surface area contributed by atoms with Gasteiger partial charge >= 0.3 is 6.09 Å². The van der Waals surface area contributed by atoms with Crippen LogP contribution >= 0.6 is 23.2 Å². The first-order chi connectivity index (χ1) is 15.2. The zero-order chi connectivity index (χ0) is 22.6. The lowest BCUT2D eigenvalue weighted by atomic mass is 10.0. The van der Waals surface area contributed by atoms with Crippen LogP contribution in [0.3, 0.4) is 0 Å². The van der Waals surface area contributed by atoms with Gasteiger partial charge in [-0.2, -0.15) is 0 Å². The average molecular weight is 479 g/mol. The molecule has 8 heteroatoms. The summed E-state index contributed by atoms with van der Waals surface area (Å²) in [5.41, 5.74) is 1.81. The van der Waals surface area contributed by atoms with Crippen molar-refractivity contribution in [1.29, 1.82) is 0 Å².